The van der Waals surface area contributed by atoms with Crippen LogP contribution in [0.25, 0.3) is 38.9 Å². The molecule has 0 aliphatic rings. The van der Waals surface area contributed by atoms with Crippen LogP contribution in [0, 0.1) is 5.41 Å². The van der Waals surface area contributed by atoms with Gasteiger partial charge in [0.2, 0.25) is 0 Å². The van der Waals surface area contributed by atoms with Gasteiger partial charge in [-0.05, 0) is 84.4 Å². The summed E-state index contributed by atoms with van der Waals surface area (Å²) >= 11 is 0. The van der Waals surface area contributed by atoms with Crippen molar-refractivity contribution in [1.82, 2.24) is 4.98 Å². The predicted octanol–water partition coefficient (Wildman–Crippen LogP) is 12.2. The van der Waals surface area contributed by atoms with E-state index in [4.69, 9.17) is 4.98 Å². The van der Waals surface area contributed by atoms with E-state index in [9.17, 15) is 0 Å². The quantitative estimate of drug-likeness (QED) is 0.167. The van der Waals surface area contributed by atoms with Crippen LogP contribution in [-0.4, -0.2) is 4.98 Å². The second-order valence-electron chi connectivity index (χ2n) is 13.0. The third-order valence-electron chi connectivity index (χ3n) is 8.63. The van der Waals surface area contributed by atoms with Crippen LogP contribution < -0.4 is 0 Å². The Hall–Kier alpha value is -3.45. The standard InChI is InChI=1S/C41H51N/c1-9-12-15-34-26-27-36(29(4)16-17-30(5)41(6,7)8)38-28-37(33-22-18-31(13-10-2)19-23-33)39(42-40(34)38)35-24-20-32(14-11-3)21-25-35/h16-28H,9-15H2,1-8H3/b29-16+,30-17+. The first kappa shape index (κ1) is 31.5. The topological polar surface area (TPSA) is 12.9 Å². The summed E-state index contributed by atoms with van der Waals surface area (Å²) in [6, 6.07) is 25.4. The number of pyridine rings is 1. The number of hydrogen-bond acceptors (Lipinski definition) is 1. The Balaban J connectivity index is 1.99. The first-order chi connectivity index (χ1) is 20.2. The van der Waals surface area contributed by atoms with Crippen molar-refractivity contribution < 1.29 is 0 Å². The number of fused-ring (bicyclic) bond motifs is 1. The van der Waals surface area contributed by atoms with Crippen LogP contribution in [0.5, 0.6) is 0 Å². The molecular formula is C41H51N. The van der Waals surface area contributed by atoms with E-state index < -0.39 is 0 Å². The number of allylic oxidation sites excluding steroid dienone is 4. The Labute approximate surface area is 255 Å². The molecule has 4 rings (SSSR count). The van der Waals surface area contributed by atoms with E-state index in [1.54, 1.807) is 0 Å². The normalized spacial score (nSPS) is 12.8. The molecule has 0 atom stereocenters. The van der Waals surface area contributed by atoms with E-state index in [2.05, 4.69) is 134 Å². The lowest BCUT2D eigenvalue weighted by Crippen LogP contribution is -2.05. The third-order valence-corrected chi connectivity index (χ3v) is 8.63. The van der Waals surface area contributed by atoms with E-state index in [1.807, 2.05) is 0 Å². The van der Waals surface area contributed by atoms with Gasteiger partial charge in [-0.1, -0.05) is 139 Å². The number of aromatic nitrogens is 1. The van der Waals surface area contributed by atoms with Crippen molar-refractivity contribution in [2.45, 2.75) is 100 Å². The monoisotopic (exact) mass is 557 g/mol. The van der Waals surface area contributed by atoms with Gasteiger partial charge < -0.3 is 0 Å². The zero-order valence-electron chi connectivity index (χ0n) is 27.4. The summed E-state index contributed by atoms with van der Waals surface area (Å²) in [7, 11) is 0. The number of nitrogens with zero attached hydrogens (tertiary/aromatic N) is 1. The van der Waals surface area contributed by atoms with Gasteiger partial charge in [0.25, 0.3) is 0 Å². The van der Waals surface area contributed by atoms with Crippen LogP contribution in [0.4, 0.5) is 0 Å². The fourth-order valence-corrected chi connectivity index (χ4v) is 5.52. The lowest BCUT2D eigenvalue weighted by Gasteiger charge is -2.19. The number of hydrogen-bond donors (Lipinski definition) is 0. The summed E-state index contributed by atoms with van der Waals surface area (Å²) in [5.41, 5.74) is 14.0. The molecule has 0 unspecified atom stereocenters. The maximum Gasteiger partial charge on any atom is 0.0788 e. The average molecular weight is 558 g/mol. The van der Waals surface area contributed by atoms with Gasteiger partial charge in [-0.25, -0.2) is 4.98 Å². The summed E-state index contributed by atoms with van der Waals surface area (Å²) < 4.78 is 0. The molecule has 42 heavy (non-hydrogen) atoms. The van der Waals surface area contributed by atoms with Crippen LogP contribution in [0.1, 0.15) is 103 Å². The maximum atomic E-state index is 5.54. The van der Waals surface area contributed by atoms with Gasteiger partial charge in [-0.15, -0.1) is 0 Å². The molecule has 0 saturated heterocycles. The molecule has 3 aromatic carbocycles. The van der Waals surface area contributed by atoms with Crippen LogP contribution in [0.3, 0.4) is 0 Å². The minimum absolute atomic E-state index is 0.156. The summed E-state index contributed by atoms with van der Waals surface area (Å²) in [5.74, 6) is 0. The molecule has 0 amide bonds. The molecule has 1 nitrogen and oxygen atoms in total. The SMILES string of the molecule is CCCCc1ccc(/C(C)=C/C=C(\C)C(C)(C)C)c2cc(-c3ccc(CCC)cc3)c(-c3ccc(CCC)cc3)nc12. The average Bonchev–Trinajstić information content (AvgIpc) is 2.98. The van der Waals surface area contributed by atoms with Crippen molar-refractivity contribution in [3.05, 3.63) is 107 Å². The summed E-state index contributed by atoms with van der Waals surface area (Å²) in [4.78, 5) is 5.54. The molecule has 1 heterocycles. The third kappa shape index (κ3) is 7.49. The maximum absolute atomic E-state index is 5.54. The van der Waals surface area contributed by atoms with Crippen molar-refractivity contribution >= 4 is 16.5 Å². The van der Waals surface area contributed by atoms with Gasteiger partial charge >= 0.3 is 0 Å². The molecule has 0 aliphatic heterocycles. The molecule has 4 aromatic rings. The Kier molecular flexibility index (Phi) is 10.6. The molecule has 1 aromatic heterocycles. The van der Waals surface area contributed by atoms with Crippen LogP contribution in [-0.2, 0) is 19.3 Å². The number of rotatable bonds is 11. The van der Waals surface area contributed by atoms with Gasteiger partial charge in [0.1, 0.15) is 0 Å². The second kappa shape index (κ2) is 14.1. The highest BCUT2D eigenvalue weighted by molar-refractivity contribution is 5.99. The smallest absolute Gasteiger partial charge is 0.0788 e. The van der Waals surface area contributed by atoms with E-state index in [1.165, 1.54) is 68.3 Å². The van der Waals surface area contributed by atoms with Gasteiger partial charge in [0.05, 0.1) is 11.2 Å². The Bertz CT molecular complexity index is 1540. The van der Waals surface area contributed by atoms with E-state index in [-0.39, 0.29) is 5.41 Å². The Morgan fingerprint density at radius 2 is 1.29 bits per heavy atom. The predicted molar refractivity (Wildman–Crippen MR) is 186 cm³/mol. The zero-order chi connectivity index (χ0) is 30.3. The first-order valence-corrected chi connectivity index (χ1v) is 16.2. The molecule has 0 spiro atoms. The van der Waals surface area contributed by atoms with Gasteiger partial charge in [-0.3, -0.25) is 0 Å². The van der Waals surface area contributed by atoms with E-state index in [0.29, 0.717) is 0 Å². The molecule has 220 valence electrons. The lowest BCUT2D eigenvalue weighted by molar-refractivity contribution is 0.504. The highest BCUT2D eigenvalue weighted by atomic mass is 14.7. The fraction of sp³-hybridized carbons (Fsp3) is 0.390. The lowest BCUT2D eigenvalue weighted by atomic mass is 9.87. The van der Waals surface area contributed by atoms with Gasteiger partial charge in [0.15, 0.2) is 0 Å². The summed E-state index contributed by atoms with van der Waals surface area (Å²) in [6.45, 7) is 18.1. The van der Waals surface area contributed by atoms with Crippen molar-refractivity contribution in [3.63, 3.8) is 0 Å². The largest absolute Gasteiger partial charge is 0.247 e. The Morgan fingerprint density at radius 1 is 0.690 bits per heavy atom. The zero-order valence-corrected chi connectivity index (χ0v) is 27.4. The minimum atomic E-state index is 0.156. The molecule has 0 saturated carbocycles. The van der Waals surface area contributed by atoms with Gasteiger partial charge in [-0.2, -0.15) is 0 Å². The highest BCUT2D eigenvalue weighted by Crippen LogP contribution is 2.38. The Morgan fingerprint density at radius 3 is 1.83 bits per heavy atom. The van der Waals surface area contributed by atoms with Crippen molar-refractivity contribution in [3.8, 4) is 22.4 Å². The highest BCUT2D eigenvalue weighted by Gasteiger charge is 2.17. The van der Waals surface area contributed by atoms with Crippen molar-refractivity contribution in [1.29, 1.82) is 0 Å². The van der Waals surface area contributed by atoms with Crippen molar-refractivity contribution in [2.24, 2.45) is 5.41 Å². The van der Waals surface area contributed by atoms with Crippen LogP contribution in [0.15, 0.2) is 84.5 Å². The minimum Gasteiger partial charge on any atom is -0.247 e. The molecule has 1 heteroatoms. The molecule has 0 fully saturated rings. The van der Waals surface area contributed by atoms with E-state index >= 15 is 0 Å². The number of unbranched alkanes of at least 4 members (excludes halogenated alkanes) is 1. The first-order valence-electron chi connectivity index (χ1n) is 16.2. The van der Waals surface area contributed by atoms with Crippen LogP contribution >= 0.6 is 0 Å². The fourth-order valence-electron chi connectivity index (χ4n) is 5.52. The van der Waals surface area contributed by atoms with E-state index in [0.717, 1.165) is 43.3 Å². The van der Waals surface area contributed by atoms with Crippen LogP contribution in [0.2, 0.25) is 0 Å². The molecular weight excluding hydrogens is 506 g/mol. The van der Waals surface area contributed by atoms with Crippen molar-refractivity contribution in [2.75, 3.05) is 0 Å². The summed E-state index contributed by atoms with van der Waals surface area (Å²) in [6.07, 6.45) is 12.5. The molecule has 0 radical (unpaired) electrons. The molecule has 0 aliphatic carbocycles. The molecule has 0 N–H and O–H groups in total. The number of aryl methyl sites for hydroxylation is 3. The summed E-state index contributed by atoms with van der Waals surface area (Å²) in [5, 5.41) is 1.25. The second-order valence-corrected chi connectivity index (χ2v) is 13.0. The number of benzene rings is 3. The van der Waals surface area contributed by atoms with Gasteiger partial charge in [0, 0.05) is 16.5 Å². The molecule has 0 bridgehead atoms.